The summed E-state index contributed by atoms with van der Waals surface area (Å²) < 4.78 is 39.2. The lowest BCUT2D eigenvalue weighted by molar-refractivity contribution is -0.00403. The van der Waals surface area contributed by atoms with Gasteiger partial charge in [0.15, 0.2) is 11.5 Å². The molecule has 0 aliphatic heterocycles. The summed E-state index contributed by atoms with van der Waals surface area (Å²) in [6, 6.07) is 2.94. The second kappa shape index (κ2) is 10.8. The Bertz CT molecular complexity index is 661. The third-order valence-electron chi connectivity index (χ3n) is 7.93. The minimum absolute atomic E-state index is 0.00149. The summed E-state index contributed by atoms with van der Waals surface area (Å²) in [6.07, 6.45) is 14.4. The molecule has 0 amide bonds. The van der Waals surface area contributed by atoms with Gasteiger partial charge in [-0.25, -0.2) is 0 Å². The number of ether oxygens (including phenoxy) is 2. The van der Waals surface area contributed by atoms with Crippen LogP contribution in [0.3, 0.4) is 0 Å². The second-order valence-corrected chi connectivity index (χ2v) is 9.64. The van der Waals surface area contributed by atoms with Crippen LogP contribution >= 0.6 is 0 Å². The van der Waals surface area contributed by atoms with E-state index in [1.54, 1.807) is 6.92 Å². The van der Waals surface area contributed by atoms with Crippen LogP contribution < -0.4 is 9.47 Å². The molecule has 2 aliphatic rings. The SMILES string of the molecule is CCCC(C)C1(C2CCC(COc3ccc(OCC)c(F)c3F)CC2)CCCCC1. The van der Waals surface area contributed by atoms with E-state index < -0.39 is 11.6 Å². The summed E-state index contributed by atoms with van der Waals surface area (Å²) in [5, 5.41) is 0. The van der Waals surface area contributed by atoms with Crippen LogP contribution in [0.4, 0.5) is 8.78 Å². The van der Waals surface area contributed by atoms with Crippen molar-refractivity contribution in [1.29, 1.82) is 0 Å². The van der Waals surface area contributed by atoms with Crippen molar-refractivity contribution in [3.8, 4) is 11.5 Å². The molecule has 0 spiro atoms. The fourth-order valence-corrected chi connectivity index (χ4v) is 6.24. The van der Waals surface area contributed by atoms with E-state index in [0.29, 0.717) is 24.5 Å². The zero-order valence-corrected chi connectivity index (χ0v) is 19.2. The highest BCUT2D eigenvalue weighted by atomic mass is 19.2. The van der Waals surface area contributed by atoms with Crippen molar-refractivity contribution in [2.45, 2.75) is 91.4 Å². The first kappa shape index (κ1) is 23.3. The number of benzene rings is 1. The molecule has 1 atom stereocenters. The Hall–Kier alpha value is -1.32. The van der Waals surface area contributed by atoms with Gasteiger partial charge < -0.3 is 9.47 Å². The fraction of sp³-hybridized carbons (Fsp3) is 0.769. The summed E-state index contributed by atoms with van der Waals surface area (Å²) in [6.45, 7) is 7.32. The third kappa shape index (κ3) is 5.11. The first-order chi connectivity index (χ1) is 14.5. The van der Waals surface area contributed by atoms with Gasteiger partial charge in [0.25, 0.3) is 0 Å². The molecule has 0 heterocycles. The van der Waals surface area contributed by atoms with E-state index in [1.165, 1.54) is 69.9 Å². The Kier molecular flexibility index (Phi) is 8.42. The third-order valence-corrected chi connectivity index (χ3v) is 7.93. The summed E-state index contributed by atoms with van der Waals surface area (Å²) >= 11 is 0. The quantitative estimate of drug-likeness (QED) is 0.402. The average Bonchev–Trinajstić information content (AvgIpc) is 2.77. The standard InChI is InChI=1S/C26H40F2O2/c1-4-9-19(3)26(16-7-6-8-17-26)21-12-10-20(11-13-21)18-30-23-15-14-22(29-5-2)24(27)25(23)28/h14-15,19-21H,4-13,16-18H2,1-3H3. The van der Waals surface area contributed by atoms with E-state index in [2.05, 4.69) is 13.8 Å². The number of hydrogen-bond acceptors (Lipinski definition) is 2. The van der Waals surface area contributed by atoms with Crippen LogP contribution in [0.25, 0.3) is 0 Å². The zero-order chi connectivity index (χ0) is 21.6. The molecule has 0 radical (unpaired) electrons. The molecule has 2 saturated carbocycles. The van der Waals surface area contributed by atoms with Crippen molar-refractivity contribution >= 4 is 0 Å². The molecule has 2 nitrogen and oxygen atoms in total. The van der Waals surface area contributed by atoms with Gasteiger partial charge in [-0.1, -0.05) is 46.0 Å². The maximum atomic E-state index is 14.3. The lowest BCUT2D eigenvalue weighted by atomic mass is 9.55. The van der Waals surface area contributed by atoms with Crippen molar-refractivity contribution < 1.29 is 18.3 Å². The first-order valence-electron chi connectivity index (χ1n) is 12.2. The van der Waals surface area contributed by atoms with Crippen molar-refractivity contribution in [2.75, 3.05) is 13.2 Å². The number of rotatable bonds is 9. The Morgan fingerprint density at radius 1 is 0.933 bits per heavy atom. The Labute approximate surface area is 181 Å². The van der Waals surface area contributed by atoms with E-state index in [-0.39, 0.29) is 11.5 Å². The van der Waals surface area contributed by atoms with Crippen LogP contribution in [0.1, 0.15) is 91.4 Å². The van der Waals surface area contributed by atoms with Gasteiger partial charge in [0, 0.05) is 0 Å². The lowest BCUT2D eigenvalue weighted by Crippen LogP contribution is -2.41. The molecule has 30 heavy (non-hydrogen) atoms. The predicted molar refractivity (Wildman–Crippen MR) is 118 cm³/mol. The van der Waals surface area contributed by atoms with E-state index in [4.69, 9.17) is 9.47 Å². The predicted octanol–water partition coefficient (Wildman–Crippen LogP) is 7.94. The molecule has 4 heteroatoms. The second-order valence-electron chi connectivity index (χ2n) is 9.64. The Morgan fingerprint density at radius 3 is 2.10 bits per heavy atom. The summed E-state index contributed by atoms with van der Waals surface area (Å²) in [5.74, 6) is 0.0980. The van der Waals surface area contributed by atoms with E-state index in [1.807, 2.05) is 0 Å². The molecular weight excluding hydrogens is 382 g/mol. The van der Waals surface area contributed by atoms with Gasteiger partial charge >= 0.3 is 0 Å². The molecule has 1 aromatic rings. The molecule has 0 aromatic heterocycles. The molecule has 0 N–H and O–H groups in total. The molecule has 2 fully saturated rings. The van der Waals surface area contributed by atoms with Crippen LogP contribution in [0.2, 0.25) is 0 Å². The van der Waals surface area contributed by atoms with Gasteiger partial charge in [0.1, 0.15) is 0 Å². The van der Waals surface area contributed by atoms with Gasteiger partial charge in [-0.2, -0.15) is 8.78 Å². The Morgan fingerprint density at radius 2 is 1.53 bits per heavy atom. The van der Waals surface area contributed by atoms with E-state index in [0.717, 1.165) is 24.7 Å². The van der Waals surface area contributed by atoms with Gasteiger partial charge in [-0.15, -0.1) is 0 Å². The molecule has 0 bridgehead atoms. The van der Waals surface area contributed by atoms with Crippen LogP contribution in [-0.2, 0) is 0 Å². The first-order valence-corrected chi connectivity index (χ1v) is 12.2. The van der Waals surface area contributed by atoms with Crippen molar-refractivity contribution in [1.82, 2.24) is 0 Å². The van der Waals surface area contributed by atoms with Crippen LogP contribution in [0.5, 0.6) is 11.5 Å². The highest BCUT2D eigenvalue weighted by Gasteiger charge is 2.44. The summed E-state index contributed by atoms with van der Waals surface area (Å²) in [7, 11) is 0. The van der Waals surface area contributed by atoms with Crippen LogP contribution in [0.15, 0.2) is 12.1 Å². The minimum Gasteiger partial charge on any atom is -0.491 e. The monoisotopic (exact) mass is 422 g/mol. The van der Waals surface area contributed by atoms with Gasteiger partial charge in [-0.05, 0) is 80.8 Å². The summed E-state index contributed by atoms with van der Waals surface area (Å²) in [5.41, 5.74) is 0.532. The van der Waals surface area contributed by atoms with Gasteiger partial charge in [0.2, 0.25) is 11.6 Å². The average molecular weight is 423 g/mol. The van der Waals surface area contributed by atoms with E-state index >= 15 is 0 Å². The summed E-state index contributed by atoms with van der Waals surface area (Å²) in [4.78, 5) is 0. The van der Waals surface area contributed by atoms with Crippen molar-refractivity contribution in [2.24, 2.45) is 23.2 Å². The highest BCUT2D eigenvalue weighted by molar-refractivity contribution is 5.35. The largest absolute Gasteiger partial charge is 0.491 e. The molecule has 2 aliphatic carbocycles. The molecule has 1 unspecified atom stereocenters. The van der Waals surface area contributed by atoms with Crippen LogP contribution in [0, 0.1) is 34.8 Å². The molecular formula is C26H40F2O2. The normalized spacial score (nSPS) is 25.0. The number of hydrogen-bond donors (Lipinski definition) is 0. The lowest BCUT2D eigenvalue weighted by Gasteiger charge is -2.50. The zero-order valence-electron chi connectivity index (χ0n) is 19.2. The smallest absolute Gasteiger partial charge is 0.204 e. The topological polar surface area (TPSA) is 18.5 Å². The maximum Gasteiger partial charge on any atom is 0.204 e. The highest BCUT2D eigenvalue weighted by Crippen LogP contribution is 2.54. The molecule has 1 aromatic carbocycles. The van der Waals surface area contributed by atoms with Crippen molar-refractivity contribution in [3.05, 3.63) is 23.8 Å². The van der Waals surface area contributed by atoms with Crippen LogP contribution in [-0.4, -0.2) is 13.2 Å². The Balaban J connectivity index is 1.56. The molecule has 170 valence electrons. The fourth-order valence-electron chi connectivity index (χ4n) is 6.24. The van der Waals surface area contributed by atoms with Crippen molar-refractivity contribution in [3.63, 3.8) is 0 Å². The number of halogens is 2. The molecule has 0 saturated heterocycles. The van der Waals surface area contributed by atoms with E-state index in [9.17, 15) is 8.78 Å². The van der Waals surface area contributed by atoms with Gasteiger partial charge in [-0.3, -0.25) is 0 Å². The van der Waals surface area contributed by atoms with Gasteiger partial charge in [0.05, 0.1) is 13.2 Å². The maximum absolute atomic E-state index is 14.3. The molecule has 3 rings (SSSR count). The minimum atomic E-state index is -0.956.